The van der Waals surface area contributed by atoms with E-state index in [1.54, 1.807) is 6.07 Å². The van der Waals surface area contributed by atoms with Crippen LogP contribution in [0.4, 0.5) is 18.9 Å². The first-order valence-electron chi connectivity index (χ1n) is 5.85. The molecular weight excluding hydrogens is 371 g/mol. The Morgan fingerprint density at radius 2 is 1.86 bits per heavy atom. The summed E-state index contributed by atoms with van der Waals surface area (Å²) < 4.78 is 38.5. The van der Waals surface area contributed by atoms with Crippen LogP contribution in [0.25, 0.3) is 0 Å². The van der Waals surface area contributed by atoms with Crippen molar-refractivity contribution < 1.29 is 18.3 Å². The number of hydrogen-bond acceptors (Lipinski definition) is 2. The molecule has 2 N–H and O–H groups in total. The SMILES string of the molecule is Oc1ccc(Cl)cc1CNc1cc(Br)cc(C(F)(F)F)c1. The first-order chi connectivity index (χ1) is 9.75. The van der Waals surface area contributed by atoms with E-state index in [0.29, 0.717) is 15.1 Å². The molecule has 7 heteroatoms. The van der Waals surface area contributed by atoms with Crippen LogP contribution in [0, 0.1) is 0 Å². The predicted octanol–water partition coefficient (Wildman–Crippen LogP) is 5.44. The number of halogens is 5. The Morgan fingerprint density at radius 3 is 2.52 bits per heavy atom. The third-order valence-electron chi connectivity index (χ3n) is 2.75. The van der Waals surface area contributed by atoms with Gasteiger partial charge in [0.2, 0.25) is 0 Å². The van der Waals surface area contributed by atoms with Gasteiger partial charge in [-0.15, -0.1) is 0 Å². The number of anilines is 1. The van der Waals surface area contributed by atoms with Gasteiger partial charge in [0.05, 0.1) is 5.56 Å². The Bertz CT molecular complexity index is 661. The van der Waals surface area contributed by atoms with E-state index >= 15 is 0 Å². The molecule has 21 heavy (non-hydrogen) atoms. The minimum absolute atomic E-state index is 0.0259. The van der Waals surface area contributed by atoms with Crippen molar-refractivity contribution in [2.75, 3.05) is 5.32 Å². The zero-order valence-electron chi connectivity index (χ0n) is 10.5. The lowest BCUT2D eigenvalue weighted by atomic mass is 10.1. The van der Waals surface area contributed by atoms with Crippen LogP contribution in [-0.4, -0.2) is 5.11 Å². The number of phenolic OH excluding ortho intramolecular Hbond substituents is 1. The van der Waals surface area contributed by atoms with Gasteiger partial charge in [0.15, 0.2) is 0 Å². The monoisotopic (exact) mass is 379 g/mol. The summed E-state index contributed by atoms with van der Waals surface area (Å²) in [5.74, 6) is 0.0259. The summed E-state index contributed by atoms with van der Waals surface area (Å²) >= 11 is 8.86. The van der Waals surface area contributed by atoms with Gasteiger partial charge in [-0.1, -0.05) is 27.5 Å². The van der Waals surface area contributed by atoms with Crippen LogP contribution in [0.5, 0.6) is 5.75 Å². The van der Waals surface area contributed by atoms with E-state index < -0.39 is 11.7 Å². The fourth-order valence-corrected chi connectivity index (χ4v) is 2.44. The molecular formula is C14H10BrClF3NO. The van der Waals surface area contributed by atoms with Crippen LogP contribution in [0.2, 0.25) is 5.02 Å². The minimum Gasteiger partial charge on any atom is -0.508 e. The van der Waals surface area contributed by atoms with Gasteiger partial charge < -0.3 is 10.4 Å². The summed E-state index contributed by atoms with van der Waals surface area (Å²) in [6, 6.07) is 8.04. The summed E-state index contributed by atoms with van der Waals surface area (Å²) in [5.41, 5.74) is 0.0294. The maximum absolute atomic E-state index is 12.7. The van der Waals surface area contributed by atoms with Crippen LogP contribution in [-0.2, 0) is 12.7 Å². The summed E-state index contributed by atoms with van der Waals surface area (Å²) in [7, 11) is 0. The second-order valence-corrected chi connectivity index (χ2v) is 5.71. The summed E-state index contributed by atoms with van der Waals surface area (Å²) in [5, 5.41) is 12.9. The van der Waals surface area contributed by atoms with E-state index in [-0.39, 0.29) is 18.0 Å². The largest absolute Gasteiger partial charge is 0.508 e. The summed E-state index contributed by atoms with van der Waals surface area (Å²) in [6.07, 6.45) is -4.42. The van der Waals surface area contributed by atoms with Crippen LogP contribution in [0.3, 0.4) is 0 Å². The molecule has 0 aliphatic heterocycles. The average molecular weight is 381 g/mol. The lowest BCUT2D eigenvalue weighted by molar-refractivity contribution is -0.137. The number of phenols is 1. The first-order valence-corrected chi connectivity index (χ1v) is 7.02. The second kappa shape index (κ2) is 6.15. The maximum atomic E-state index is 12.7. The molecule has 0 radical (unpaired) electrons. The highest BCUT2D eigenvalue weighted by Gasteiger charge is 2.31. The van der Waals surface area contributed by atoms with Gasteiger partial charge in [-0.2, -0.15) is 13.2 Å². The van der Waals surface area contributed by atoms with Crippen molar-refractivity contribution in [3.63, 3.8) is 0 Å². The number of rotatable bonds is 3. The molecule has 2 aromatic carbocycles. The Kier molecular flexibility index (Phi) is 4.68. The van der Waals surface area contributed by atoms with Gasteiger partial charge in [-0.3, -0.25) is 0 Å². The van der Waals surface area contributed by atoms with Crippen molar-refractivity contribution in [3.8, 4) is 5.75 Å². The molecule has 2 nitrogen and oxygen atoms in total. The summed E-state index contributed by atoms with van der Waals surface area (Å²) in [6.45, 7) is 0.153. The molecule has 0 aromatic heterocycles. The van der Waals surface area contributed by atoms with Crippen LogP contribution < -0.4 is 5.32 Å². The fourth-order valence-electron chi connectivity index (χ4n) is 1.75. The van der Waals surface area contributed by atoms with Crippen molar-refractivity contribution in [2.45, 2.75) is 12.7 Å². The van der Waals surface area contributed by atoms with E-state index in [0.717, 1.165) is 12.1 Å². The predicted molar refractivity (Wildman–Crippen MR) is 79.6 cm³/mol. The molecule has 0 saturated heterocycles. The number of hydrogen-bond donors (Lipinski definition) is 2. The zero-order chi connectivity index (χ0) is 15.6. The smallest absolute Gasteiger partial charge is 0.416 e. The number of nitrogens with one attached hydrogen (secondary N) is 1. The molecule has 0 spiro atoms. The number of aromatic hydroxyl groups is 1. The van der Waals surface area contributed by atoms with E-state index in [1.165, 1.54) is 18.2 Å². The van der Waals surface area contributed by atoms with Gasteiger partial charge in [0.1, 0.15) is 5.75 Å². The van der Waals surface area contributed by atoms with E-state index in [9.17, 15) is 18.3 Å². The van der Waals surface area contributed by atoms with Crippen LogP contribution in [0.1, 0.15) is 11.1 Å². The Balaban J connectivity index is 2.20. The number of alkyl halides is 3. The first kappa shape index (κ1) is 16.0. The number of benzene rings is 2. The van der Waals surface area contributed by atoms with Crippen molar-refractivity contribution in [1.29, 1.82) is 0 Å². The normalized spacial score (nSPS) is 11.5. The quantitative estimate of drug-likeness (QED) is 0.743. The van der Waals surface area contributed by atoms with Crippen molar-refractivity contribution >= 4 is 33.2 Å². The average Bonchev–Trinajstić information content (AvgIpc) is 2.38. The Hall–Kier alpha value is -1.40. The van der Waals surface area contributed by atoms with Crippen LogP contribution in [0.15, 0.2) is 40.9 Å². The zero-order valence-corrected chi connectivity index (χ0v) is 12.9. The third kappa shape index (κ3) is 4.28. The van der Waals surface area contributed by atoms with E-state index in [4.69, 9.17) is 11.6 Å². The van der Waals surface area contributed by atoms with E-state index in [2.05, 4.69) is 21.2 Å². The molecule has 2 rings (SSSR count). The molecule has 0 amide bonds. The highest BCUT2D eigenvalue weighted by atomic mass is 79.9. The fraction of sp³-hybridized carbons (Fsp3) is 0.143. The Labute approximate surface area is 132 Å². The maximum Gasteiger partial charge on any atom is 0.416 e. The highest BCUT2D eigenvalue weighted by Crippen LogP contribution is 2.33. The van der Waals surface area contributed by atoms with Gasteiger partial charge in [-0.25, -0.2) is 0 Å². The standard InChI is InChI=1S/C14H10BrClF3NO/c15-10-4-9(14(17,18)19)5-12(6-10)20-7-8-3-11(16)1-2-13(8)21/h1-6,20-21H,7H2. The lowest BCUT2D eigenvalue weighted by Crippen LogP contribution is -2.07. The molecule has 0 aliphatic rings. The summed E-state index contributed by atoms with van der Waals surface area (Å²) in [4.78, 5) is 0. The van der Waals surface area contributed by atoms with E-state index in [1.807, 2.05) is 0 Å². The van der Waals surface area contributed by atoms with Crippen LogP contribution >= 0.6 is 27.5 Å². The lowest BCUT2D eigenvalue weighted by Gasteiger charge is -2.12. The van der Waals surface area contributed by atoms with Gasteiger partial charge in [0.25, 0.3) is 0 Å². The van der Waals surface area contributed by atoms with Crippen molar-refractivity contribution in [2.24, 2.45) is 0 Å². The molecule has 0 aliphatic carbocycles. The van der Waals surface area contributed by atoms with Crippen molar-refractivity contribution in [1.82, 2.24) is 0 Å². The third-order valence-corrected chi connectivity index (χ3v) is 3.44. The minimum atomic E-state index is -4.42. The van der Waals surface area contributed by atoms with Gasteiger partial charge in [-0.05, 0) is 36.4 Å². The molecule has 0 saturated carbocycles. The van der Waals surface area contributed by atoms with Gasteiger partial charge >= 0.3 is 6.18 Å². The molecule has 0 heterocycles. The molecule has 2 aromatic rings. The van der Waals surface area contributed by atoms with Gasteiger partial charge in [0, 0.05) is 27.3 Å². The topological polar surface area (TPSA) is 32.3 Å². The van der Waals surface area contributed by atoms with Crippen molar-refractivity contribution in [3.05, 3.63) is 57.0 Å². The molecule has 0 unspecified atom stereocenters. The molecule has 0 atom stereocenters. The molecule has 0 fully saturated rings. The molecule has 112 valence electrons. The second-order valence-electron chi connectivity index (χ2n) is 4.35. The molecule has 0 bridgehead atoms. The highest BCUT2D eigenvalue weighted by molar-refractivity contribution is 9.10. The Morgan fingerprint density at radius 1 is 1.14 bits per heavy atom.